The second-order valence-electron chi connectivity index (χ2n) is 4.56. The first-order valence-electron chi connectivity index (χ1n) is 6.12. The lowest BCUT2D eigenvalue weighted by molar-refractivity contribution is 0.0943. The van der Waals surface area contributed by atoms with Crippen molar-refractivity contribution in [3.05, 3.63) is 23.9 Å². The van der Waals surface area contributed by atoms with E-state index in [-0.39, 0.29) is 5.91 Å². The van der Waals surface area contributed by atoms with Gasteiger partial charge in [-0.25, -0.2) is 10.8 Å². The van der Waals surface area contributed by atoms with Crippen LogP contribution in [0, 0.1) is 0 Å². The summed E-state index contributed by atoms with van der Waals surface area (Å²) in [6.07, 6.45) is 3.90. The summed E-state index contributed by atoms with van der Waals surface area (Å²) in [6, 6.07) is 3.75. The van der Waals surface area contributed by atoms with E-state index in [4.69, 9.17) is 5.84 Å². The summed E-state index contributed by atoms with van der Waals surface area (Å²) >= 11 is 0. The fraction of sp³-hybridized carbons (Fsp3) is 0.500. The Labute approximate surface area is 107 Å². The number of nitrogens with zero attached hydrogens (tertiary/aromatic N) is 2. The molecule has 0 saturated carbocycles. The predicted octanol–water partition coefficient (Wildman–Crippen LogP) is 0.191. The zero-order chi connectivity index (χ0) is 13.0. The molecule has 2 rings (SSSR count). The molecule has 0 bridgehead atoms. The van der Waals surface area contributed by atoms with E-state index >= 15 is 0 Å². The molecule has 6 nitrogen and oxygen atoms in total. The van der Waals surface area contributed by atoms with Crippen LogP contribution < -0.4 is 16.6 Å². The van der Waals surface area contributed by atoms with Gasteiger partial charge in [-0.15, -0.1) is 0 Å². The molecule has 0 radical (unpaired) electrons. The van der Waals surface area contributed by atoms with E-state index in [1.54, 1.807) is 18.3 Å². The number of carbonyl (C=O) groups excluding carboxylic acids is 1. The van der Waals surface area contributed by atoms with Crippen molar-refractivity contribution in [2.75, 3.05) is 25.6 Å². The molecule has 18 heavy (non-hydrogen) atoms. The zero-order valence-electron chi connectivity index (χ0n) is 10.5. The second-order valence-corrected chi connectivity index (χ2v) is 4.56. The maximum Gasteiger partial charge on any atom is 0.251 e. The number of nitrogen functional groups attached to an aromatic ring is 1. The molecule has 6 heteroatoms. The van der Waals surface area contributed by atoms with Crippen LogP contribution in [-0.4, -0.2) is 42.0 Å². The molecule has 1 aliphatic heterocycles. The quantitative estimate of drug-likeness (QED) is 0.524. The number of anilines is 1. The summed E-state index contributed by atoms with van der Waals surface area (Å²) in [5.74, 6) is 5.66. The first-order chi connectivity index (χ1) is 8.70. The highest BCUT2D eigenvalue weighted by atomic mass is 16.1. The summed E-state index contributed by atoms with van der Waals surface area (Å²) < 4.78 is 0. The third-order valence-corrected chi connectivity index (χ3v) is 3.34. The topological polar surface area (TPSA) is 83.3 Å². The van der Waals surface area contributed by atoms with Crippen molar-refractivity contribution in [3.8, 4) is 0 Å². The number of amides is 1. The third kappa shape index (κ3) is 2.96. The highest BCUT2D eigenvalue weighted by Crippen LogP contribution is 2.13. The lowest BCUT2D eigenvalue weighted by Crippen LogP contribution is -2.38. The lowest BCUT2D eigenvalue weighted by Gasteiger charge is -2.19. The monoisotopic (exact) mass is 249 g/mol. The molecular weight excluding hydrogens is 230 g/mol. The van der Waals surface area contributed by atoms with Gasteiger partial charge in [-0.3, -0.25) is 4.79 Å². The molecule has 1 saturated heterocycles. The van der Waals surface area contributed by atoms with Gasteiger partial charge < -0.3 is 15.6 Å². The molecule has 1 unspecified atom stereocenters. The number of hydrogen-bond donors (Lipinski definition) is 3. The molecule has 0 aliphatic carbocycles. The first-order valence-corrected chi connectivity index (χ1v) is 6.12. The van der Waals surface area contributed by atoms with Gasteiger partial charge >= 0.3 is 0 Å². The van der Waals surface area contributed by atoms with Crippen LogP contribution in [0.5, 0.6) is 0 Å². The number of carbonyl (C=O) groups is 1. The molecule has 0 spiro atoms. The van der Waals surface area contributed by atoms with Gasteiger partial charge in [-0.05, 0) is 38.6 Å². The fourth-order valence-electron chi connectivity index (χ4n) is 2.20. The van der Waals surface area contributed by atoms with E-state index < -0.39 is 0 Å². The Morgan fingerprint density at radius 3 is 3.17 bits per heavy atom. The first kappa shape index (κ1) is 12.8. The normalized spacial score (nSPS) is 19.8. The Hall–Kier alpha value is -1.66. The number of pyridine rings is 1. The van der Waals surface area contributed by atoms with Crippen molar-refractivity contribution >= 4 is 11.7 Å². The fourth-order valence-corrected chi connectivity index (χ4v) is 2.20. The Bertz CT molecular complexity index is 423. The highest BCUT2D eigenvalue weighted by molar-refractivity contribution is 5.94. The van der Waals surface area contributed by atoms with Gasteiger partial charge in [0, 0.05) is 24.3 Å². The van der Waals surface area contributed by atoms with Gasteiger partial charge in [-0.2, -0.15) is 0 Å². The SMILES string of the molecule is CN1CCCC1CNC(=O)c1ccnc(NN)c1. The van der Waals surface area contributed by atoms with E-state index in [0.29, 0.717) is 24.0 Å². The van der Waals surface area contributed by atoms with E-state index in [1.165, 1.54) is 6.42 Å². The Morgan fingerprint density at radius 2 is 2.50 bits per heavy atom. The van der Waals surface area contributed by atoms with Crippen LogP contribution in [0.2, 0.25) is 0 Å². The zero-order valence-corrected chi connectivity index (χ0v) is 10.5. The van der Waals surface area contributed by atoms with Crippen molar-refractivity contribution in [2.24, 2.45) is 5.84 Å². The number of hydrazine groups is 1. The Balaban J connectivity index is 1.90. The number of nitrogens with one attached hydrogen (secondary N) is 2. The number of aromatic nitrogens is 1. The van der Waals surface area contributed by atoms with Crippen LogP contribution in [0.25, 0.3) is 0 Å². The van der Waals surface area contributed by atoms with Crippen molar-refractivity contribution < 1.29 is 4.79 Å². The van der Waals surface area contributed by atoms with Crippen LogP contribution in [0.4, 0.5) is 5.82 Å². The van der Waals surface area contributed by atoms with E-state index in [0.717, 1.165) is 13.0 Å². The van der Waals surface area contributed by atoms with Crippen LogP contribution in [0.3, 0.4) is 0 Å². The van der Waals surface area contributed by atoms with Crippen molar-refractivity contribution in [2.45, 2.75) is 18.9 Å². The molecule has 1 amide bonds. The van der Waals surface area contributed by atoms with Crippen molar-refractivity contribution in [1.82, 2.24) is 15.2 Å². The lowest BCUT2D eigenvalue weighted by atomic mass is 10.2. The number of nitrogens with two attached hydrogens (primary N) is 1. The molecule has 98 valence electrons. The van der Waals surface area contributed by atoms with Gasteiger partial charge in [0.1, 0.15) is 5.82 Å². The van der Waals surface area contributed by atoms with Gasteiger partial charge in [-0.1, -0.05) is 0 Å². The summed E-state index contributed by atoms with van der Waals surface area (Å²) in [7, 11) is 2.09. The smallest absolute Gasteiger partial charge is 0.251 e. The molecular formula is C12H19N5O. The standard InChI is InChI=1S/C12H19N5O/c1-17-6-2-3-10(17)8-15-12(18)9-4-5-14-11(7-9)16-13/h4-5,7,10H,2-3,6,8,13H2,1H3,(H,14,16)(H,15,18). The molecule has 4 N–H and O–H groups in total. The minimum absolute atomic E-state index is 0.0887. The van der Waals surface area contributed by atoms with Gasteiger partial charge in [0.25, 0.3) is 5.91 Å². The van der Waals surface area contributed by atoms with Crippen molar-refractivity contribution in [3.63, 3.8) is 0 Å². The van der Waals surface area contributed by atoms with Crippen molar-refractivity contribution in [1.29, 1.82) is 0 Å². The third-order valence-electron chi connectivity index (χ3n) is 3.34. The van der Waals surface area contributed by atoms with Crippen LogP contribution >= 0.6 is 0 Å². The molecule has 0 aromatic carbocycles. The number of hydrogen-bond acceptors (Lipinski definition) is 5. The Kier molecular flexibility index (Phi) is 4.11. The largest absolute Gasteiger partial charge is 0.350 e. The molecule has 1 fully saturated rings. The van der Waals surface area contributed by atoms with Gasteiger partial charge in [0.15, 0.2) is 0 Å². The minimum atomic E-state index is -0.0887. The summed E-state index contributed by atoms with van der Waals surface area (Å²) in [5, 5.41) is 2.95. The summed E-state index contributed by atoms with van der Waals surface area (Å²) in [5.41, 5.74) is 3.00. The average molecular weight is 249 g/mol. The molecule has 1 aromatic rings. The number of likely N-dealkylation sites (N-methyl/N-ethyl adjacent to an activating group) is 1. The maximum atomic E-state index is 12.0. The molecule has 1 atom stereocenters. The summed E-state index contributed by atoms with van der Waals surface area (Å²) in [4.78, 5) is 18.2. The summed E-state index contributed by atoms with van der Waals surface area (Å²) in [6.45, 7) is 1.79. The molecule has 1 aliphatic rings. The van der Waals surface area contributed by atoms with Crippen LogP contribution in [0.1, 0.15) is 23.2 Å². The van der Waals surface area contributed by atoms with E-state index in [9.17, 15) is 4.79 Å². The van der Waals surface area contributed by atoms with E-state index in [2.05, 4.69) is 27.7 Å². The van der Waals surface area contributed by atoms with Crippen LogP contribution in [-0.2, 0) is 0 Å². The molecule has 1 aromatic heterocycles. The number of rotatable bonds is 4. The van der Waals surface area contributed by atoms with E-state index in [1.807, 2.05) is 0 Å². The minimum Gasteiger partial charge on any atom is -0.350 e. The predicted molar refractivity (Wildman–Crippen MR) is 70.0 cm³/mol. The van der Waals surface area contributed by atoms with Gasteiger partial charge in [0.2, 0.25) is 0 Å². The number of likely N-dealkylation sites (tertiary alicyclic amines) is 1. The second kappa shape index (κ2) is 5.79. The van der Waals surface area contributed by atoms with Crippen LogP contribution in [0.15, 0.2) is 18.3 Å². The van der Waals surface area contributed by atoms with Gasteiger partial charge in [0.05, 0.1) is 0 Å². The maximum absolute atomic E-state index is 12.0. The molecule has 2 heterocycles. The Morgan fingerprint density at radius 1 is 1.67 bits per heavy atom. The average Bonchev–Trinajstić information content (AvgIpc) is 2.81. The highest BCUT2D eigenvalue weighted by Gasteiger charge is 2.21.